The first-order valence-electron chi connectivity index (χ1n) is 7.96. The van der Waals surface area contributed by atoms with Gasteiger partial charge >= 0.3 is 0 Å². The monoisotopic (exact) mass is 330 g/mol. The third-order valence-electron chi connectivity index (χ3n) is 3.53. The molecule has 6 heteroatoms. The molecule has 24 heavy (non-hydrogen) atoms. The van der Waals surface area contributed by atoms with Crippen LogP contribution < -0.4 is 20.1 Å². The van der Waals surface area contributed by atoms with Crippen molar-refractivity contribution in [3.8, 4) is 11.5 Å². The van der Waals surface area contributed by atoms with Crippen LogP contribution in [0.4, 0.5) is 0 Å². The van der Waals surface area contributed by atoms with E-state index in [2.05, 4.69) is 27.9 Å². The number of hydrogen-bond acceptors (Lipinski definition) is 3. The fourth-order valence-electron chi connectivity index (χ4n) is 2.24. The van der Waals surface area contributed by atoms with Crippen molar-refractivity contribution in [1.29, 1.82) is 0 Å². The molecule has 0 saturated carbocycles. The molecule has 6 nitrogen and oxygen atoms in total. The van der Waals surface area contributed by atoms with Gasteiger partial charge in [0.15, 0.2) is 5.96 Å². The van der Waals surface area contributed by atoms with Gasteiger partial charge in [-0.2, -0.15) is 0 Å². The quantitative estimate of drug-likeness (QED) is 0.603. The Bertz CT molecular complexity index is 649. The second-order valence-corrected chi connectivity index (χ2v) is 5.60. The van der Waals surface area contributed by atoms with Gasteiger partial charge in [0.05, 0.1) is 13.7 Å². The van der Waals surface area contributed by atoms with E-state index >= 15 is 0 Å². The van der Waals surface area contributed by atoms with Gasteiger partial charge in [0.1, 0.15) is 17.6 Å². The molecular weight excluding hydrogens is 304 g/mol. The first kappa shape index (κ1) is 17.7. The van der Waals surface area contributed by atoms with Crippen LogP contribution >= 0.6 is 0 Å². The second kappa shape index (κ2) is 8.86. The van der Waals surface area contributed by atoms with Gasteiger partial charge in [-0.15, -0.1) is 0 Å². The second-order valence-electron chi connectivity index (χ2n) is 5.60. The van der Waals surface area contributed by atoms with Crippen LogP contribution in [0, 0.1) is 0 Å². The molecule has 1 aromatic heterocycles. The highest BCUT2D eigenvalue weighted by Crippen LogP contribution is 2.17. The Labute approximate surface area is 143 Å². The Hall–Kier alpha value is -2.63. The smallest absolute Gasteiger partial charge is 0.191 e. The molecule has 1 unspecified atom stereocenters. The van der Waals surface area contributed by atoms with Crippen molar-refractivity contribution in [2.45, 2.75) is 19.6 Å². The molecule has 0 radical (unpaired) electrons. The van der Waals surface area contributed by atoms with E-state index in [0.29, 0.717) is 6.54 Å². The summed E-state index contributed by atoms with van der Waals surface area (Å²) in [5.41, 5.74) is 1.21. The molecule has 0 aliphatic rings. The number of nitrogens with one attached hydrogen (secondary N) is 2. The Morgan fingerprint density at radius 1 is 1.17 bits per heavy atom. The number of rotatable bonds is 7. The molecular formula is C18H26N4O2. The maximum atomic E-state index is 5.87. The van der Waals surface area contributed by atoms with Crippen molar-refractivity contribution in [3.63, 3.8) is 0 Å². The zero-order valence-corrected chi connectivity index (χ0v) is 14.7. The zero-order chi connectivity index (χ0) is 17.4. The summed E-state index contributed by atoms with van der Waals surface area (Å²) in [5.74, 6) is 2.39. The number of ether oxygens (including phenoxy) is 2. The Morgan fingerprint density at radius 3 is 2.46 bits per heavy atom. The van der Waals surface area contributed by atoms with E-state index in [4.69, 9.17) is 9.47 Å². The minimum atomic E-state index is 0.00803. The summed E-state index contributed by atoms with van der Waals surface area (Å²) in [6.45, 7) is 3.40. The SMILES string of the molecule is CN=C(NCc1ccn(C)c1)NCC(C)Oc1ccc(OC)cc1. The van der Waals surface area contributed by atoms with E-state index < -0.39 is 0 Å². The predicted molar refractivity (Wildman–Crippen MR) is 96.7 cm³/mol. The topological polar surface area (TPSA) is 59.8 Å². The molecule has 0 saturated heterocycles. The van der Waals surface area contributed by atoms with Crippen LogP contribution in [-0.2, 0) is 13.6 Å². The lowest BCUT2D eigenvalue weighted by Crippen LogP contribution is -2.41. The summed E-state index contributed by atoms with van der Waals surface area (Å²) in [4.78, 5) is 4.23. The number of aliphatic imine (C=N–C) groups is 1. The van der Waals surface area contributed by atoms with Gasteiger partial charge in [0, 0.05) is 33.0 Å². The number of benzene rings is 1. The van der Waals surface area contributed by atoms with E-state index in [1.807, 2.05) is 49.0 Å². The lowest BCUT2D eigenvalue weighted by atomic mass is 10.3. The first-order chi connectivity index (χ1) is 11.6. The van der Waals surface area contributed by atoms with Crippen molar-refractivity contribution in [2.75, 3.05) is 20.7 Å². The van der Waals surface area contributed by atoms with E-state index in [9.17, 15) is 0 Å². The highest BCUT2D eigenvalue weighted by Gasteiger charge is 2.06. The van der Waals surface area contributed by atoms with Gasteiger partial charge in [-0.1, -0.05) is 0 Å². The lowest BCUT2D eigenvalue weighted by Gasteiger charge is -2.17. The van der Waals surface area contributed by atoms with Crippen molar-refractivity contribution >= 4 is 5.96 Å². The number of hydrogen-bond donors (Lipinski definition) is 2. The molecule has 2 N–H and O–H groups in total. The summed E-state index contributed by atoms with van der Waals surface area (Å²) in [7, 11) is 5.42. The normalized spacial score (nSPS) is 12.6. The molecule has 1 heterocycles. The van der Waals surface area contributed by atoms with E-state index in [1.165, 1.54) is 5.56 Å². The maximum Gasteiger partial charge on any atom is 0.191 e. The molecule has 0 fully saturated rings. The van der Waals surface area contributed by atoms with Crippen LogP contribution in [0.2, 0.25) is 0 Å². The summed E-state index contributed by atoms with van der Waals surface area (Å²) >= 11 is 0. The van der Waals surface area contributed by atoms with E-state index in [-0.39, 0.29) is 6.10 Å². The zero-order valence-electron chi connectivity index (χ0n) is 14.7. The molecule has 2 rings (SSSR count). The summed E-state index contributed by atoms with van der Waals surface area (Å²) in [6.07, 6.45) is 4.11. The van der Waals surface area contributed by atoms with Gasteiger partial charge in [-0.05, 0) is 42.8 Å². The largest absolute Gasteiger partial charge is 0.497 e. The minimum absolute atomic E-state index is 0.00803. The van der Waals surface area contributed by atoms with Gasteiger partial charge < -0.3 is 24.7 Å². The molecule has 0 aliphatic carbocycles. The van der Waals surface area contributed by atoms with Crippen LogP contribution in [0.5, 0.6) is 11.5 Å². The number of nitrogens with zero attached hydrogens (tertiary/aromatic N) is 2. The Balaban J connectivity index is 1.75. The van der Waals surface area contributed by atoms with Gasteiger partial charge in [0.2, 0.25) is 0 Å². The maximum absolute atomic E-state index is 5.87. The highest BCUT2D eigenvalue weighted by atomic mass is 16.5. The predicted octanol–water partition coefficient (Wildman–Crippen LogP) is 2.17. The van der Waals surface area contributed by atoms with Crippen molar-refractivity contribution < 1.29 is 9.47 Å². The molecule has 1 atom stereocenters. The van der Waals surface area contributed by atoms with Crippen LogP contribution in [0.1, 0.15) is 12.5 Å². The van der Waals surface area contributed by atoms with Crippen LogP contribution in [0.15, 0.2) is 47.7 Å². The van der Waals surface area contributed by atoms with Crippen molar-refractivity contribution in [2.24, 2.45) is 12.0 Å². The third-order valence-corrected chi connectivity index (χ3v) is 3.53. The lowest BCUT2D eigenvalue weighted by molar-refractivity contribution is 0.223. The van der Waals surface area contributed by atoms with Crippen LogP contribution in [0.25, 0.3) is 0 Å². The molecule has 0 bridgehead atoms. The van der Waals surface area contributed by atoms with Crippen molar-refractivity contribution in [3.05, 3.63) is 48.3 Å². The summed E-state index contributed by atoms with van der Waals surface area (Å²) in [5, 5.41) is 6.56. The molecule has 2 aromatic rings. The van der Waals surface area contributed by atoms with Gasteiger partial charge in [-0.3, -0.25) is 4.99 Å². The summed E-state index contributed by atoms with van der Waals surface area (Å²) < 4.78 is 13.0. The average molecular weight is 330 g/mol. The molecule has 1 aromatic carbocycles. The molecule has 0 aliphatic heterocycles. The number of aryl methyl sites for hydroxylation is 1. The number of guanidine groups is 1. The fraction of sp³-hybridized carbons (Fsp3) is 0.389. The van der Waals surface area contributed by atoms with Gasteiger partial charge in [0.25, 0.3) is 0 Å². The van der Waals surface area contributed by atoms with Gasteiger partial charge in [-0.25, -0.2) is 0 Å². The number of aromatic nitrogens is 1. The number of methoxy groups -OCH3 is 1. The van der Waals surface area contributed by atoms with Crippen LogP contribution in [0.3, 0.4) is 0 Å². The standard InChI is InChI=1S/C18H26N4O2/c1-14(24-17-7-5-16(23-4)6-8-17)11-20-18(19-2)21-12-15-9-10-22(3)13-15/h5-10,13-14H,11-12H2,1-4H3,(H2,19,20,21). The Morgan fingerprint density at radius 2 is 1.88 bits per heavy atom. The average Bonchev–Trinajstić information content (AvgIpc) is 3.01. The first-order valence-corrected chi connectivity index (χ1v) is 7.96. The molecule has 0 amide bonds. The summed E-state index contributed by atoms with van der Waals surface area (Å²) in [6, 6.07) is 9.65. The van der Waals surface area contributed by atoms with E-state index in [1.54, 1.807) is 14.2 Å². The third kappa shape index (κ3) is 5.53. The molecule has 0 spiro atoms. The Kier molecular flexibility index (Phi) is 6.54. The molecule has 130 valence electrons. The van der Waals surface area contributed by atoms with Crippen LogP contribution in [-0.4, -0.2) is 37.3 Å². The fourth-order valence-corrected chi connectivity index (χ4v) is 2.24. The highest BCUT2D eigenvalue weighted by molar-refractivity contribution is 5.79. The minimum Gasteiger partial charge on any atom is -0.497 e. The van der Waals surface area contributed by atoms with E-state index in [0.717, 1.165) is 24.0 Å². The van der Waals surface area contributed by atoms with Crippen molar-refractivity contribution in [1.82, 2.24) is 15.2 Å².